The summed E-state index contributed by atoms with van der Waals surface area (Å²) in [6.45, 7) is 4.49. The van der Waals surface area contributed by atoms with Crippen molar-refractivity contribution in [2.45, 2.75) is 32.9 Å². The molecule has 160 valence electrons. The number of nitrogens with zero attached hydrogens (tertiary/aromatic N) is 1. The van der Waals surface area contributed by atoms with E-state index in [1.54, 1.807) is 4.90 Å². The average Bonchev–Trinajstić information content (AvgIpc) is 2.78. The molecule has 30 heavy (non-hydrogen) atoms. The van der Waals surface area contributed by atoms with Crippen LogP contribution in [0.2, 0.25) is 0 Å². The summed E-state index contributed by atoms with van der Waals surface area (Å²) in [6.07, 6.45) is -0.508. The van der Waals surface area contributed by atoms with Crippen molar-refractivity contribution in [1.82, 2.24) is 10.2 Å². The number of ether oxygens (including phenoxy) is 2. The lowest BCUT2D eigenvalue weighted by Gasteiger charge is -2.20. The summed E-state index contributed by atoms with van der Waals surface area (Å²) in [5.41, 5.74) is 1.68. The third-order valence-corrected chi connectivity index (χ3v) is 4.53. The Morgan fingerprint density at radius 2 is 1.43 bits per heavy atom. The first kappa shape index (κ1) is 22.9. The molecule has 1 unspecified atom stereocenters. The number of carbonyl (C=O) groups is 3. The predicted molar refractivity (Wildman–Crippen MR) is 113 cm³/mol. The molecule has 0 aliphatic heterocycles. The van der Waals surface area contributed by atoms with E-state index in [2.05, 4.69) is 5.32 Å². The van der Waals surface area contributed by atoms with Crippen LogP contribution in [0.4, 0.5) is 4.79 Å². The Morgan fingerprint density at radius 1 is 0.867 bits per heavy atom. The van der Waals surface area contributed by atoms with Gasteiger partial charge in [0.2, 0.25) is 0 Å². The van der Waals surface area contributed by atoms with E-state index in [0.717, 1.165) is 11.1 Å². The zero-order valence-electron chi connectivity index (χ0n) is 17.4. The molecule has 0 heterocycles. The van der Waals surface area contributed by atoms with Gasteiger partial charge in [-0.25, -0.2) is 9.59 Å². The van der Waals surface area contributed by atoms with Gasteiger partial charge < -0.3 is 19.7 Å². The minimum Gasteiger partial charge on any atom is -0.454 e. The van der Waals surface area contributed by atoms with Gasteiger partial charge in [0, 0.05) is 19.5 Å². The highest BCUT2D eigenvalue weighted by molar-refractivity contribution is 5.85. The van der Waals surface area contributed by atoms with Gasteiger partial charge in [-0.2, -0.15) is 0 Å². The summed E-state index contributed by atoms with van der Waals surface area (Å²) >= 11 is 0. The average molecular weight is 412 g/mol. The lowest BCUT2D eigenvalue weighted by Crippen LogP contribution is -2.45. The monoisotopic (exact) mass is 412 g/mol. The number of alkyl carbamates (subject to hydrolysis) is 1. The number of carbonyl (C=O) groups excluding carboxylic acids is 3. The Labute approximate surface area is 177 Å². The Bertz CT molecular complexity index is 807. The normalized spacial score (nSPS) is 11.3. The van der Waals surface area contributed by atoms with Gasteiger partial charge in [-0.1, -0.05) is 60.7 Å². The summed E-state index contributed by atoms with van der Waals surface area (Å²) in [5.74, 6) is -0.963. The van der Waals surface area contributed by atoms with Crippen LogP contribution in [0, 0.1) is 0 Å². The number of likely N-dealkylation sites (N-methyl/N-ethyl adjacent to an activating group) is 1. The van der Waals surface area contributed by atoms with Crippen molar-refractivity contribution >= 4 is 18.0 Å². The largest absolute Gasteiger partial charge is 0.454 e. The molecule has 7 nitrogen and oxygen atoms in total. The molecule has 0 saturated carbocycles. The molecular weight excluding hydrogens is 384 g/mol. The Hall–Kier alpha value is -3.35. The Morgan fingerprint density at radius 3 is 2.00 bits per heavy atom. The van der Waals surface area contributed by atoms with Crippen molar-refractivity contribution in [1.29, 1.82) is 0 Å². The van der Waals surface area contributed by atoms with E-state index in [4.69, 9.17) is 9.47 Å². The van der Waals surface area contributed by atoms with Gasteiger partial charge in [0.15, 0.2) is 6.61 Å². The first-order valence-corrected chi connectivity index (χ1v) is 9.99. The highest BCUT2D eigenvalue weighted by atomic mass is 16.6. The van der Waals surface area contributed by atoms with Crippen molar-refractivity contribution < 1.29 is 23.9 Å². The number of amides is 2. The van der Waals surface area contributed by atoms with Crippen LogP contribution in [0.5, 0.6) is 0 Å². The molecule has 0 radical (unpaired) electrons. The molecule has 2 aromatic rings. The van der Waals surface area contributed by atoms with Gasteiger partial charge in [-0.15, -0.1) is 0 Å². The molecule has 0 bridgehead atoms. The molecular formula is C23H28N2O5. The van der Waals surface area contributed by atoms with E-state index in [1.807, 2.05) is 74.5 Å². The molecule has 1 N–H and O–H groups in total. The van der Waals surface area contributed by atoms with Gasteiger partial charge in [-0.05, 0) is 25.0 Å². The maximum absolute atomic E-state index is 12.6. The topological polar surface area (TPSA) is 84.9 Å². The molecule has 7 heteroatoms. The second-order valence-electron chi connectivity index (χ2n) is 6.62. The van der Waals surface area contributed by atoms with Crippen molar-refractivity contribution in [2.24, 2.45) is 0 Å². The van der Waals surface area contributed by atoms with Crippen LogP contribution in [0.15, 0.2) is 60.7 Å². The molecule has 0 aromatic heterocycles. The summed E-state index contributed by atoms with van der Waals surface area (Å²) in [5, 5.41) is 2.56. The van der Waals surface area contributed by atoms with Crippen molar-refractivity contribution in [3.8, 4) is 0 Å². The Balaban J connectivity index is 1.97. The fourth-order valence-electron chi connectivity index (χ4n) is 2.85. The van der Waals surface area contributed by atoms with Crippen molar-refractivity contribution in [3.05, 3.63) is 71.8 Å². The van der Waals surface area contributed by atoms with Gasteiger partial charge in [0.1, 0.15) is 12.6 Å². The van der Waals surface area contributed by atoms with Gasteiger partial charge >= 0.3 is 12.1 Å². The maximum atomic E-state index is 12.6. The second kappa shape index (κ2) is 12.3. The fourth-order valence-corrected chi connectivity index (χ4v) is 2.85. The highest BCUT2D eigenvalue weighted by Gasteiger charge is 2.25. The predicted octanol–water partition coefficient (Wildman–Crippen LogP) is 2.94. The van der Waals surface area contributed by atoms with E-state index in [0.29, 0.717) is 13.1 Å². The standard InChI is InChI=1S/C23H28N2O5/c1-3-25(4-2)21(26)17-29-22(27)20(15-18-11-7-5-8-12-18)24-23(28)30-16-19-13-9-6-10-14-19/h5-14,20H,3-4,15-17H2,1-2H3,(H,24,28). The molecule has 1 atom stereocenters. The summed E-state index contributed by atoms with van der Waals surface area (Å²) in [4.78, 5) is 38.5. The smallest absolute Gasteiger partial charge is 0.408 e. The number of benzene rings is 2. The fraction of sp³-hybridized carbons (Fsp3) is 0.348. The molecule has 0 spiro atoms. The number of esters is 1. The van der Waals surface area contributed by atoms with E-state index in [1.165, 1.54) is 0 Å². The highest BCUT2D eigenvalue weighted by Crippen LogP contribution is 2.07. The maximum Gasteiger partial charge on any atom is 0.408 e. The number of rotatable bonds is 10. The number of hydrogen-bond acceptors (Lipinski definition) is 5. The zero-order valence-corrected chi connectivity index (χ0v) is 17.4. The SMILES string of the molecule is CCN(CC)C(=O)COC(=O)C(Cc1ccccc1)NC(=O)OCc1ccccc1. The molecule has 0 aliphatic rings. The number of nitrogens with one attached hydrogen (secondary N) is 1. The lowest BCUT2D eigenvalue weighted by atomic mass is 10.1. The van der Waals surface area contributed by atoms with E-state index in [-0.39, 0.29) is 25.5 Å². The van der Waals surface area contributed by atoms with Crippen LogP contribution in [0.25, 0.3) is 0 Å². The molecule has 0 aliphatic carbocycles. The quantitative estimate of drug-likeness (QED) is 0.607. The van der Waals surface area contributed by atoms with Crippen molar-refractivity contribution in [2.75, 3.05) is 19.7 Å². The van der Waals surface area contributed by atoms with E-state index >= 15 is 0 Å². The van der Waals surface area contributed by atoms with Crippen LogP contribution >= 0.6 is 0 Å². The first-order valence-electron chi connectivity index (χ1n) is 9.99. The van der Waals surface area contributed by atoms with E-state index < -0.39 is 18.1 Å². The van der Waals surface area contributed by atoms with Gasteiger partial charge in [-0.3, -0.25) is 4.79 Å². The van der Waals surface area contributed by atoms with Gasteiger partial charge in [0.25, 0.3) is 5.91 Å². The third kappa shape index (κ3) is 7.58. The molecule has 2 aromatic carbocycles. The molecule has 2 amide bonds. The third-order valence-electron chi connectivity index (χ3n) is 4.53. The van der Waals surface area contributed by atoms with Crippen LogP contribution in [-0.2, 0) is 32.1 Å². The minimum absolute atomic E-state index is 0.0836. The van der Waals surface area contributed by atoms with Crippen LogP contribution < -0.4 is 5.32 Å². The summed E-state index contributed by atoms with van der Waals surface area (Å²) in [7, 11) is 0. The van der Waals surface area contributed by atoms with Gasteiger partial charge in [0.05, 0.1) is 0 Å². The zero-order chi connectivity index (χ0) is 21.8. The van der Waals surface area contributed by atoms with Crippen LogP contribution in [-0.4, -0.2) is 48.6 Å². The van der Waals surface area contributed by atoms with Crippen molar-refractivity contribution in [3.63, 3.8) is 0 Å². The summed E-state index contributed by atoms with van der Waals surface area (Å²) < 4.78 is 10.4. The minimum atomic E-state index is -0.972. The Kier molecular flexibility index (Phi) is 9.37. The first-order chi connectivity index (χ1) is 14.5. The number of hydrogen-bond donors (Lipinski definition) is 1. The van der Waals surface area contributed by atoms with Crippen LogP contribution in [0.1, 0.15) is 25.0 Å². The van der Waals surface area contributed by atoms with Crippen LogP contribution in [0.3, 0.4) is 0 Å². The second-order valence-corrected chi connectivity index (χ2v) is 6.62. The lowest BCUT2D eigenvalue weighted by molar-refractivity contribution is -0.153. The molecule has 0 fully saturated rings. The van der Waals surface area contributed by atoms with E-state index in [9.17, 15) is 14.4 Å². The molecule has 2 rings (SSSR count). The molecule has 0 saturated heterocycles. The summed E-state index contributed by atoms with van der Waals surface area (Å²) in [6, 6.07) is 17.5.